The molecule has 0 N–H and O–H groups in total. The zero-order valence-corrected chi connectivity index (χ0v) is 22.8. The normalized spacial score (nSPS) is 21.6. The van der Waals surface area contributed by atoms with Crippen LogP contribution in [0.15, 0.2) is 59.7 Å². The third kappa shape index (κ3) is 3.37. The van der Waals surface area contributed by atoms with Crippen LogP contribution in [-0.4, -0.2) is 6.66 Å². The fraction of sp³-hybridized carbons (Fsp3) is 0.385. The third-order valence-electron chi connectivity index (χ3n) is 7.32. The maximum atomic E-state index is 8.20. The van der Waals surface area contributed by atoms with Crippen molar-refractivity contribution in [1.29, 1.82) is 0 Å². The summed E-state index contributed by atoms with van der Waals surface area (Å²) >= 11 is -4.15. The van der Waals surface area contributed by atoms with Crippen molar-refractivity contribution in [1.82, 2.24) is 0 Å². The van der Waals surface area contributed by atoms with Gasteiger partial charge in [-0.2, -0.15) is 0 Å². The predicted octanol–water partition coefficient (Wildman–Crippen LogP) is 8.84. The summed E-state index contributed by atoms with van der Waals surface area (Å²) in [5.74, 6) is 0. The Morgan fingerprint density at radius 3 is 1.50 bits per heavy atom. The van der Waals surface area contributed by atoms with E-state index < -0.39 is 19.1 Å². The molecule has 159 valence electrons. The fourth-order valence-corrected chi connectivity index (χ4v) is 27.1. The first-order valence-electron chi connectivity index (χ1n) is 11.5. The average Bonchev–Trinajstić information content (AvgIpc) is 3.27. The molecule has 0 saturated carbocycles. The van der Waals surface area contributed by atoms with E-state index in [4.69, 9.17) is 18.6 Å². The molecule has 2 aliphatic carbocycles. The van der Waals surface area contributed by atoms with Gasteiger partial charge in [-0.05, 0) is 0 Å². The van der Waals surface area contributed by atoms with Gasteiger partial charge < -0.3 is 0 Å². The van der Waals surface area contributed by atoms with E-state index in [-0.39, 0.29) is 8.45 Å². The summed E-state index contributed by atoms with van der Waals surface area (Å²) in [7, 11) is 16.4. The van der Waals surface area contributed by atoms with Crippen molar-refractivity contribution >= 4 is 37.4 Å². The van der Waals surface area contributed by atoms with Gasteiger partial charge in [0.15, 0.2) is 0 Å². The summed E-state index contributed by atoms with van der Waals surface area (Å²) in [6.07, 6.45) is 9.26. The molecule has 2 aliphatic rings. The molecule has 0 heterocycles. The summed E-state index contributed by atoms with van der Waals surface area (Å²) in [6.45, 7) is 7.96. The first kappa shape index (κ1) is 22.6. The van der Waals surface area contributed by atoms with Gasteiger partial charge in [-0.3, -0.25) is 0 Å². The van der Waals surface area contributed by atoms with Crippen molar-refractivity contribution in [2.75, 3.05) is 0 Å². The molecule has 0 bridgehead atoms. The van der Waals surface area contributed by atoms with Gasteiger partial charge in [0.1, 0.15) is 0 Å². The van der Waals surface area contributed by atoms with Gasteiger partial charge in [-0.1, -0.05) is 0 Å². The Balaban J connectivity index is 1.98. The molecule has 30 heavy (non-hydrogen) atoms. The zero-order valence-electron chi connectivity index (χ0n) is 18.6. The molecule has 2 unspecified atom stereocenters. The van der Waals surface area contributed by atoms with Crippen LogP contribution >= 0.6 is 18.6 Å². The summed E-state index contributed by atoms with van der Waals surface area (Å²) < 4.78 is 0.453. The number of halogens is 2. The van der Waals surface area contributed by atoms with Crippen molar-refractivity contribution < 1.29 is 12.4 Å². The quantitative estimate of drug-likeness (QED) is 0.339. The van der Waals surface area contributed by atoms with E-state index in [0.717, 1.165) is 25.7 Å². The summed E-state index contributed by atoms with van der Waals surface area (Å²) in [5, 5.41) is 0. The summed E-state index contributed by atoms with van der Waals surface area (Å²) in [4.78, 5) is 0. The molecule has 2 aromatic carbocycles. The van der Waals surface area contributed by atoms with Crippen molar-refractivity contribution in [3.8, 4) is 0 Å². The Labute approximate surface area is 191 Å². The molecule has 0 aromatic heterocycles. The SMILES string of the molecule is CCCC1=Cc2ccccc2[CH]1[Ti]([Cl])([Cl])([CH]1C(CCC)=Cc2ccccc21)[SiH](C)C. The van der Waals surface area contributed by atoms with Gasteiger partial charge in [-0.15, -0.1) is 0 Å². The molecule has 0 saturated heterocycles. The van der Waals surface area contributed by atoms with E-state index in [1.165, 1.54) is 33.4 Å². The standard InChI is InChI=1S/2C12H13.C2H7Si.2ClH.Ti/c2*1-2-5-10-8-11-6-3-4-7-12(11)9-10;1-3-2;;;/h2*3-4,6-9H,2,5H2,1H3;3H,1-2H3;2*1H;/q;;;;;+2/p-2. The van der Waals surface area contributed by atoms with Crippen molar-refractivity contribution in [2.24, 2.45) is 0 Å². The molecule has 4 heteroatoms. The Kier molecular flexibility index (Phi) is 6.34. The third-order valence-corrected chi connectivity index (χ3v) is 42.6. The Hall–Kier alpha value is -0.569. The minimum absolute atomic E-state index is 0.226. The Bertz CT molecular complexity index is 946. The number of benzene rings is 2. The van der Waals surface area contributed by atoms with Crippen LogP contribution in [0.5, 0.6) is 0 Å². The van der Waals surface area contributed by atoms with Crippen molar-refractivity contribution in [3.05, 3.63) is 81.9 Å². The molecular formula is C26H33Cl2SiTi. The second-order valence-electron chi connectivity index (χ2n) is 9.44. The van der Waals surface area contributed by atoms with Crippen LogP contribution in [0, 0.1) is 0 Å². The molecule has 0 spiro atoms. The molecule has 4 rings (SSSR count). The van der Waals surface area contributed by atoms with Gasteiger partial charge >= 0.3 is 193 Å². The maximum absolute atomic E-state index is 8.20. The molecule has 0 nitrogen and oxygen atoms in total. The summed E-state index contributed by atoms with van der Waals surface area (Å²) in [6, 6.07) is 17.7. The molecule has 0 amide bonds. The second-order valence-corrected chi connectivity index (χ2v) is 38.7. The molecule has 0 aliphatic heterocycles. The van der Waals surface area contributed by atoms with Crippen LogP contribution in [0.4, 0.5) is 0 Å². The van der Waals surface area contributed by atoms with E-state index in [1.54, 1.807) is 0 Å². The van der Waals surface area contributed by atoms with E-state index in [1.807, 2.05) is 0 Å². The monoisotopic (exact) mass is 491 g/mol. The molecule has 2 aromatic rings. The first-order valence-corrected chi connectivity index (χ1v) is 23.2. The van der Waals surface area contributed by atoms with Gasteiger partial charge in [0, 0.05) is 0 Å². The van der Waals surface area contributed by atoms with Crippen LogP contribution in [0.1, 0.15) is 70.2 Å². The number of allylic oxidation sites excluding steroid dienone is 2. The minimum atomic E-state index is -4.15. The average molecular weight is 492 g/mol. The number of hydrogen-bond donors (Lipinski definition) is 0. The molecule has 0 radical (unpaired) electrons. The number of rotatable bonds is 7. The molecule has 0 fully saturated rings. The topological polar surface area (TPSA) is 0 Å². The molecular weight excluding hydrogens is 459 g/mol. The zero-order chi connectivity index (χ0) is 21.5. The van der Waals surface area contributed by atoms with Gasteiger partial charge in [0.2, 0.25) is 0 Å². The van der Waals surface area contributed by atoms with Gasteiger partial charge in [0.05, 0.1) is 0 Å². The van der Waals surface area contributed by atoms with Crippen LogP contribution in [0.3, 0.4) is 0 Å². The van der Waals surface area contributed by atoms with Crippen LogP contribution in [-0.2, 0) is 12.4 Å². The van der Waals surface area contributed by atoms with Gasteiger partial charge in [0.25, 0.3) is 0 Å². The van der Waals surface area contributed by atoms with Crippen LogP contribution < -0.4 is 0 Å². The van der Waals surface area contributed by atoms with E-state index in [0.29, 0.717) is 0 Å². The van der Waals surface area contributed by atoms with Gasteiger partial charge in [-0.25, -0.2) is 0 Å². The Morgan fingerprint density at radius 1 is 0.733 bits per heavy atom. The second kappa shape index (κ2) is 8.41. The fourth-order valence-electron chi connectivity index (χ4n) is 5.92. The van der Waals surface area contributed by atoms with Crippen LogP contribution in [0.25, 0.3) is 12.2 Å². The van der Waals surface area contributed by atoms with E-state index >= 15 is 0 Å². The predicted molar refractivity (Wildman–Crippen MR) is 135 cm³/mol. The molecule has 2 atom stereocenters. The number of fused-ring (bicyclic) bond motifs is 2. The van der Waals surface area contributed by atoms with Crippen LogP contribution in [0.2, 0.25) is 13.1 Å². The summed E-state index contributed by atoms with van der Waals surface area (Å²) in [5.41, 5.74) is 8.44. The van der Waals surface area contributed by atoms with Crippen molar-refractivity contribution in [3.63, 3.8) is 0 Å². The van der Waals surface area contributed by atoms with Crippen molar-refractivity contribution in [2.45, 2.75) is 61.1 Å². The number of hydrogen-bond acceptors (Lipinski definition) is 0. The first-order chi connectivity index (χ1) is 14.3. The van der Waals surface area contributed by atoms with E-state index in [2.05, 4.69) is 87.6 Å². The Morgan fingerprint density at radius 2 is 1.13 bits per heavy atom. The van der Waals surface area contributed by atoms with E-state index in [9.17, 15) is 0 Å².